The molecule has 0 aliphatic carbocycles. The van der Waals surface area contributed by atoms with Gasteiger partial charge in [0.2, 0.25) is 0 Å². The van der Waals surface area contributed by atoms with E-state index in [0.717, 1.165) is 193 Å². The number of hydrogen-bond donors (Lipinski definition) is 3. The van der Waals surface area contributed by atoms with E-state index in [9.17, 15) is 43.2 Å². The fourth-order valence-electron chi connectivity index (χ4n) is 10.7. The van der Waals surface area contributed by atoms with Gasteiger partial charge >= 0.3 is 39.5 Å². The Labute approximate surface area is 632 Å². The van der Waals surface area contributed by atoms with Crippen LogP contribution in [0.2, 0.25) is 0 Å². The third kappa shape index (κ3) is 75.7. The lowest BCUT2D eigenvalue weighted by Gasteiger charge is -2.21. The fraction of sp³-hybridized carbons (Fsp3) is 0.718. The summed E-state index contributed by atoms with van der Waals surface area (Å²) < 4.78 is 68.6. The lowest BCUT2D eigenvalue weighted by molar-refractivity contribution is -0.161. The van der Waals surface area contributed by atoms with E-state index in [4.69, 9.17) is 37.0 Å². The van der Waals surface area contributed by atoms with Crippen molar-refractivity contribution < 1.29 is 80.2 Å². The zero-order chi connectivity index (χ0) is 76.0. The van der Waals surface area contributed by atoms with E-state index in [0.29, 0.717) is 25.7 Å². The Morgan fingerprint density at radius 2 is 0.500 bits per heavy atom. The summed E-state index contributed by atoms with van der Waals surface area (Å²) in [5.74, 6) is -2.23. The molecule has 0 aliphatic heterocycles. The number of hydrogen-bond acceptors (Lipinski definition) is 15. The molecule has 0 spiro atoms. The second-order valence-corrected chi connectivity index (χ2v) is 29.9. The highest BCUT2D eigenvalue weighted by Gasteiger charge is 2.30. The van der Waals surface area contributed by atoms with E-state index < -0.39 is 97.5 Å². The minimum atomic E-state index is -4.99. The van der Waals surface area contributed by atoms with Crippen LogP contribution in [0.5, 0.6) is 0 Å². The molecule has 0 aliphatic rings. The lowest BCUT2D eigenvalue weighted by Crippen LogP contribution is -2.30. The maximum atomic E-state index is 13.1. The van der Waals surface area contributed by atoms with Crippen molar-refractivity contribution in [1.82, 2.24) is 0 Å². The van der Waals surface area contributed by atoms with Crippen LogP contribution in [-0.2, 0) is 65.4 Å². The SMILES string of the molecule is CC/C=C\C/C=C\C/C=C\C/C=C\CCCCCCC(=O)OCC(COP(=O)(O)OCC(O)COP(=O)(O)OCC(COC(=O)CCCCCCCC/C=C\C/C=C\C/C=C\CCCCC)OC(=O)CCCCCCC/C=C\C/C=C\CCCCC)OC(=O)CCCCCCC/C=C\CCCCCC. The van der Waals surface area contributed by atoms with Crippen LogP contribution in [0.15, 0.2) is 122 Å². The lowest BCUT2D eigenvalue weighted by atomic mass is 10.1. The van der Waals surface area contributed by atoms with Gasteiger partial charge in [-0.05, 0) is 161 Å². The van der Waals surface area contributed by atoms with Gasteiger partial charge in [0.15, 0.2) is 12.2 Å². The summed E-state index contributed by atoms with van der Waals surface area (Å²) in [7, 11) is -9.98. The minimum absolute atomic E-state index is 0.0739. The second kappa shape index (κ2) is 76.6. The zero-order valence-electron chi connectivity index (χ0n) is 65.4. The van der Waals surface area contributed by atoms with Crippen molar-refractivity contribution in [3.05, 3.63) is 122 Å². The van der Waals surface area contributed by atoms with E-state index in [1.54, 1.807) is 0 Å². The van der Waals surface area contributed by atoms with E-state index in [1.165, 1.54) is 64.2 Å². The highest BCUT2D eigenvalue weighted by Crippen LogP contribution is 2.45. The molecule has 0 aromatic heterocycles. The first kappa shape index (κ1) is 99.5. The average Bonchev–Trinajstić information content (AvgIpc) is 0.918. The number of esters is 4. The van der Waals surface area contributed by atoms with E-state index in [-0.39, 0.29) is 25.7 Å². The molecule has 0 bridgehead atoms. The van der Waals surface area contributed by atoms with E-state index >= 15 is 0 Å². The number of phosphoric acid groups is 2. The van der Waals surface area contributed by atoms with E-state index in [2.05, 4.69) is 149 Å². The first-order valence-corrected chi connectivity index (χ1v) is 43.8. The van der Waals surface area contributed by atoms with Crippen molar-refractivity contribution in [2.75, 3.05) is 39.6 Å². The topological polar surface area (TPSA) is 237 Å². The van der Waals surface area contributed by atoms with Crippen LogP contribution in [0.4, 0.5) is 0 Å². The predicted octanol–water partition coefficient (Wildman–Crippen LogP) is 23.9. The number of rotatable bonds is 76. The standard InChI is InChI=1S/C85H146O17P2/c1-5-9-13-17-21-25-29-33-36-38-39-41-44-47-50-54-58-62-66-70-83(88)96-76-81(102-85(90)72-68-64-60-56-52-48-42-35-31-27-23-19-15-11-7-3)78-100-104(93,94)98-74-79(86)73-97-103(91,92)99-77-80(101-84(89)71-67-63-59-55-51-45-32-28-24-20-16-12-8-4)75-95-82(87)69-65-61-57-53-49-46-43-40-37-34-30-26-22-18-14-10-6-2/h10,14,21-23,25-28,32-37,39,41-43,46,79-81,86H,5-9,11-13,15-20,24,29-31,38,40,44-45,47-78H2,1-4H3,(H,91,92)(H,93,94)/b14-10-,25-21-,26-22-,27-23-,32-28-,36-33-,37-34-,41-39-,42-35-,46-43-. The second-order valence-electron chi connectivity index (χ2n) is 27.0. The molecule has 0 radical (unpaired) electrons. The number of phosphoric ester groups is 2. The number of unbranched alkanes of at least 4 members (excludes halogenated alkanes) is 30. The van der Waals surface area contributed by atoms with Gasteiger partial charge in [-0.3, -0.25) is 37.3 Å². The Kier molecular flexibility index (Phi) is 73.3. The summed E-state index contributed by atoms with van der Waals surface area (Å²) in [4.78, 5) is 73.1. The summed E-state index contributed by atoms with van der Waals surface area (Å²) in [5.41, 5.74) is 0. The number of aliphatic hydroxyl groups is 1. The Balaban J connectivity index is 5.39. The van der Waals surface area contributed by atoms with Gasteiger partial charge in [0.25, 0.3) is 0 Å². The molecule has 0 saturated heterocycles. The molecular weight excluding hydrogens is 1350 g/mol. The van der Waals surface area contributed by atoms with Crippen LogP contribution in [0.3, 0.4) is 0 Å². The molecule has 5 atom stereocenters. The summed E-state index contributed by atoms with van der Waals surface area (Å²) in [5, 5.41) is 10.6. The van der Waals surface area contributed by atoms with Gasteiger partial charge in [-0.2, -0.15) is 0 Å². The molecule has 598 valence electrons. The molecule has 0 fully saturated rings. The summed E-state index contributed by atoms with van der Waals surface area (Å²) in [6.45, 7) is 4.65. The third-order valence-corrected chi connectivity index (χ3v) is 18.8. The maximum Gasteiger partial charge on any atom is 0.472 e. The third-order valence-electron chi connectivity index (χ3n) is 16.9. The Bertz CT molecular complexity index is 2440. The van der Waals surface area contributed by atoms with Crippen LogP contribution in [-0.4, -0.2) is 96.7 Å². The number of aliphatic hydroxyl groups excluding tert-OH is 1. The summed E-state index contributed by atoms with van der Waals surface area (Å²) in [6, 6.07) is 0. The van der Waals surface area contributed by atoms with Crippen molar-refractivity contribution in [2.45, 2.75) is 354 Å². The molecular formula is C85H146O17P2. The summed E-state index contributed by atoms with van der Waals surface area (Å²) in [6.07, 6.45) is 84.5. The summed E-state index contributed by atoms with van der Waals surface area (Å²) >= 11 is 0. The molecule has 0 aromatic rings. The van der Waals surface area contributed by atoms with E-state index in [1.807, 2.05) is 0 Å². The Hall–Kier alpha value is -4.54. The molecule has 3 N–H and O–H groups in total. The molecule has 104 heavy (non-hydrogen) atoms. The normalized spacial score (nSPS) is 14.5. The van der Waals surface area contributed by atoms with Crippen LogP contribution in [0, 0.1) is 0 Å². The Morgan fingerprint density at radius 1 is 0.279 bits per heavy atom. The van der Waals surface area contributed by atoms with Gasteiger partial charge in [-0.1, -0.05) is 271 Å². The number of carbonyl (C=O) groups excluding carboxylic acids is 4. The maximum absolute atomic E-state index is 13.1. The van der Waals surface area contributed by atoms with Gasteiger partial charge in [-0.25, -0.2) is 9.13 Å². The van der Waals surface area contributed by atoms with Crippen LogP contribution in [0.25, 0.3) is 0 Å². The molecule has 0 saturated carbocycles. The van der Waals surface area contributed by atoms with Gasteiger partial charge < -0.3 is 33.8 Å². The number of allylic oxidation sites excluding steroid dienone is 20. The first-order chi connectivity index (χ1) is 50.7. The largest absolute Gasteiger partial charge is 0.472 e. The average molecular weight is 1500 g/mol. The molecule has 0 heterocycles. The van der Waals surface area contributed by atoms with Gasteiger partial charge in [-0.15, -0.1) is 0 Å². The first-order valence-electron chi connectivity index (χ1n) is 40.8. The quantitative estimate of drug-likeness (QED) is 0.0169. The van der Waals surface area contributed by atoms with Crippen molar-refractivity contribution in [2.24, 2.45) is 0 Å². The van der Waals surface area contributed by atoms with Gasteiger partial charge in [0.05, 0.1) is 26.4 Å². The number of ether oxygens (including phenoxy) is 4. The number of carbonyl (C=O) groups is 4. The highest BCUT2D eigenvalue weighted by atomic mass is 31.2. The molecule has 0 amide bonds. The van der Waals surface area contributed by atoms with Crippen LogP contribution < -0.4 is 0 Å². The van der Waals surface area contributed by atoms with Gasteiger partial charge in [0, 0.05) is 25.7 Å². The van der Waals surface area contributed by atoms with Gasteiger partial charge in [0.1, 0.15) is 19.3 Å². The van der Waals surface area contributed by atoms with Crippen molar-refractivity contribution in [1.29, 1.82) is 0 Å². The van der Waals surface area contributed by atoms with Crippen molar-refractivity contribution >= 4 is 39.5 Å². The molecule has 17 nitrogen and oxygen atoms in total. The molecule has 5 unspecified atom stereocenters. The molecule has 0 rings (SSSR count). The minimum Gasteiger partial charge on any atom is -0.462 e. The smallest absolute Gasteiger partial charge is 0.462 e. The highest BCUT2D eigenvalue weighted by molar-refractivity contribution is 7.47. The monoisotopic (exact) mass is 1500 g/mol. The fourth-order valence-corrected chi connectivity index (χ4v) is 12.2. The van der Waals surface area contributed by atoms with Crippen molar-refractivity contribution in [3.8, 4) is 0 Å². The predicted molar refractivity (Wildman–Crippen MR) is 427 cm³/mol. The zero-order valence-corrected chi connectivity index (χ0v) is 67.2. The van der Waals surface area contributed by atoms with Crippen molar-refractivity contribution in [3.63, 3.8) is 0 Å². The van der Waals surface area contributed by atoms with Crippen LogP contribution >= 0.6 is 15.6 Å². The van der Waals surface area contributed by atoms with Crippen LogP contribution in [0.1, 0.15) is 336 Å². The molecule has 0 aromatic carbocycles. The Morgan fingerprint density at radius 3 is 0.798 bits per heavy atom. The molecule has 19 heteroatoms.